The van der Waals surface area contributed by atoms with Crippen LogP contribution in [0.25, 0.3) is 0 Å². The lowest BCUT2D eigenvalue weighted by atomic mass is 9.90. The molecule has 0 aliphatic heterocycles. The van der Waals surface area contributed by atoms with Gasteiger partial charge in [0, 0.05) is 0 Å². The monoisotopic (exact) mass is 461 g/mol. The smallest absolute Gasteiger partial charge is 0.276 e. The van der Waals surface area contributed by atoms with Crippen LogP contribution in [0.1, 0.15) is 42.4 Å². The maximum Gasteiger partial charge on any atom is 0.276 e. The van der Waals surface area contributed by atoms with E-state index in [-0.39, 0.29) is 17.6 Å². The molecule has 0 atom stereocenters. The third-order valence-corrected chi connectivity index (χ3v) is 5.20. The first kappa shape index (κ1) is 23.9. The van der Waals surface area contributed by atoms with E-state index in [1.807, 2.05) is 84.9 Å². The van der Waals surface area contributed by atoms with Gasteiger partial charge in [0.1, 0.15) is 5.75 Å². The lowest BCUT2D eigenvalue weighted by molar-refractivity contribution is -0.124. The van der Waals surface area contributed by atoms with Crippen LogP contribution in [0, 0.1) is 0 Å². The Labute approximate surface area is 199 Å². The summed E-state index contributed by atoms with van der Waals surface area (Å²) < 4.78 is 5.49. The molecule has 3 aromatic rings. The number of hydrogen-bond acceptors (Lipinski definition) is 4. The number of thiocarbonyl (C=S) groups is 1. The van der Waals surface area contributed by atoms with Crippen LogP contribution in [0.15, 0.2) is 84.9 Å². The molecular formula is C26H27N3O3S. The number of amides is 2. The highest BCUT2D eigenvalue weighted by atomic mass is 32.1. The second-order valence-electron chi connectivity index (χ2n) is 7.76. The minimum absolute atomic E-state index is 0.00787. The van der Waals surface area contributed by atoms with Crippen molar-refractivity contribution in [3.8, 4) is 5.75 Å². The van der Waals surface area contributed by atoms with E-state index in [0.29, 0.717) is 11.7 Å². The number of carbonyl (C=O) groups excluding carboxylic acids is 2. The van der Waals surface area contributed by atoms with Crippen LogP contribution in [0.3, 0.4) is 0 Å². The minimum atomic E-state index is -0.542. The molecule has 170 valence electrons. The number of hydrazine groups is 1. The lowest BCUT2D eigenvalue weighted by Crippen LogP contribution is -2.50. The summed E-state index contributed by atoms with van der Waals surface area (Å²) >= 11 is 5.19. The van der Waals surface area contributed by atoms with Crippen LogP contribution in [0.2, 0.25) is 0 Å². The topological polar surface area (TPSA) is 79.5 Å². The third kappa shape index (κ3) is 7.15. The molecule has 0 bridgehead atoms. The molecule has 0 fully saturated rings. The van der Waals surface area contributed by atoms with E-state index in [2.05, 4.69) is 30.0 Å². The average Bonchev–Trinajstić information content (AvgIpc) is 2.83. The zero-order chi connectivity index (χ0) is 23.6. The molecule has 0 spiro atoms. The van der Waals surface area contributed by atoms with Crippen molar-refractivity contribution in [2.45, 2.75) is 25.7 Å². The molecule has 7 heteroatoms. The Hall–Kier alpha value is -3.71. The zero-order valence-electron chi connectivity index (χ0n) is 18.6. The van der Waals surface area contributed by atoms with Crippen LogP contribution in [-0.2, 0) is 9.59 Å². The number of carbonyl (C=O) groups is 2. The summed E-state index contributed by atoms with van der Waals surface area (Å²) in [4.78, 5) is 25.1. The van der Waals surface area contributed by atoms with Crippen molar-refractivity contribution in [1.82, 2.24) is 16.2 Å². The first-order valence-corrected chi connectivity index (χ1v) is 11.1. The van der Waals surface area contributed by atoms with Gasteiger partial charge in [-0.05, 0) is 47.0 Å². The van der Waals surface area contributed by atoms with Gasteiger partial charge in [-0.25, -0.2) is 0 Å². The average molecular weight is 462 g/mol. The highest BCUT2D eigenvalue weighted by Crippen LogP contribution is 2.24. The SMILES string of the molecule is CC(C)c1ccc(OCC(=O)NNC(=S)NC(=O)C(c2ccccc2)c2ccccc2)cc1. The lowest BCUT2D eigenvalue weighted by Gasteiger charge is -2.19. The maximum atomic E-state index is 13.0. The summed E-state index contributed by atoms with van der Waals surface area (Å²) in [6, 6.07) is 26.5. The van der Waals surface area contributed by atoms with Gasteiger partial charge in [-0.1, -0.05) is 86.6 Å². The van der Waals surface area contributed by atoms with E-state index in [9.17, 15) is 9.59 Å². The molecule has 0 radical (unpaired) electrons. The molecule has 3 N–H and O–H groups in total. The van der Waals surface area contributed by atoms with Crippen molar-refractivity contribution >= 4 is 29.1 Å². The summed E-state index contributed by atoms with van der Waals surface area (Å²) in [7, 11) is 0. The minimum Gasteiger partial charge on any atom is -0.484 e. The summed E-state index contributed by atoms with van der Waals surface area (Å²) in [6.45, 7) is 4.03. The van der Waals surface area contributed by atoms with E-state index in [0.717, 1.165) is 11.1 Å². The van der Waals surface area contributed by atoms with Gasteiger partial charge in [0.25, 0.3) is 5.91 Å². The number of benzene rings is 3. The molecule has 0 aliphatic rings. The second-order valence-corrected chi connectivity index (χ2v) is 8.17. The Balaban J connectivity index is 1.51. The molecule has 3 aromatic carbocycles. The summed E-state index contributed by atoms with van der Waals surface area (Å²) in [6.07, 6.45) is 0. The van der Waals surface area contributed by atoms with Gasteiger partial charge in [0.2, 0.25) is 5.91 Å². The third-order valence-electron chi connectivity index (χ3n) is 5.00. The summed E-state index contributed by atoms with van der Waals surface area (Å²) in [5, 5.41) is 2.64. The van der Waals surface area contributed by atoms with Gasteiger partial charge >= 0.3 is 0 Å². The van der Waals surface area contributed by atoms with E-state index >= 15 is 0 Å². The van der Waals surface area contributed by atoms with Gasteiger partial charge < -0.3 is 10.1 Å². The fourth-order valence-electron chi connectivity index (χ4n) is 3.26. The highest BCUT2D eigenvalue weighted by Gasteiger charge is 2.23. The highest BCUT2D eigenvalue weighted by molar-refractivity contribution is 7.80. The molecule has 0 saturated carbocycles. The zero-order valence-corrected chi connectivity index (χ0v) is 19.4. The Morgan fingerprint density at radius 3 is 1.85 bits per heavy atom. The van der Waals surface area contributed by atoms with Crippen molar-refractivity contribution in [3.63, 3.8) is 0 Å². The Kier molecular flexibility index (Phi) is 8.55. The number of rotatable bonds is 7. The normalized spacial score (nSPS) is 10.5. The van der Waals surface area contributed by atoms with Crippen LogP contribution in [0.5, 0.6) is 5.75 Å². The van der Waals surface area contributed by atoms with Gasteiger partial charge in [-0.3, -0.25) is 20.4 Å². The molecule has 2 amide bonds. The fraction of sp³-hybridized carbons (Fsp3) is 0.192. The molecule has 0 heterocycles. The molecule has 0 aliphatic carbocycles. The molecule has 0 aromatic heterocycles. The number of ether oxygens (including phenoxy) is 1. The Morgan fingerprint density at radius 2 is 1.33 bits per heavy atom. The molecule has 6 nitrogen and oxygen atoms in total. The first-order valence-electron chi connectivity index (χ1n) is 10.7. The van der Waals surface area contributed by atoms with Crippen LogP contribution in [-0.4, -0.2) is 23.5 Å². The van der Waals surface area contributed by atoms with Gasteiger partial charge in [-0.2, -0.15) is 0 Å². The quantitative estimate of drug-likeness (QED) is 0.366. The maximum absolute atomic E-state index is 13.0. The standard InChI is InChI=1S/C26H27N3O3S/c1-18(2)19-13-15-22(16-14-19)32-17-23(30)28-29-26(33)27-25(31)24(20-9-5-3-6-10-20)21-11-7-4-8-12-21/h3-16,18,24H,17H2,1-2H3,(H,28,30)(H2,27,29,31,33). The van der Waals surface area contributed by atoms with Crippen molar-refractivity contribution < 1.29 is 14.3 Å². The van der Waals surface area contributed by atoms with Crippen molar-refractivity contribution in [2.75, 3.05) is 6.61 Å². The van der Waals surface area contributed by atoms with Crippen LogP contribution >= 0.6 is 12.2 Å². The van der Waals surface area contributed by atoms with Crippen LogP contribution < -0.4 is 20.9 Å². The predicted molar refractivity (Wildman–Crippen MR) is 133 cm³/mol. The van der Waals surface area contributed by atoms with Gasteiger partial charge in [0.05, 0.1) is 5.92 Å². The summed E-state index contributed by atoms with van der Waals surface area (Å²) in [5.41, 5.74) is 7.86. The van der Waals surface area contributed by atoms with Crippen LogP contribution in [0.4, 0.5) is 0 Å². The summed E-state index contributed by atoms with van der Waals surface area (Å²) in [5.74, 6) is -0.256. The predicted octanol–water partition coefficient (Wildman–Crippen LogP) is 4.04. The van der Waals surface area contributed by atoms with Crippen molar-refractivity contribution in [2.24, 2.45) is 0 Å². The van der Waals surface area contributed by atoms with Crippen molar-refractivity contribution in [3.05, 3.63) is 102 Å². The van der Waals surface area contributed by atoms with Gasteiger partial charge in [-0.15, -0.1) is 0 Å². The van der Waals surface area contributed by atoms with E-state index in [1.165, 1.54) is 5.56 Å². The number of hydrogen-bond donors (Lipinski definition) is 3. The molecular weight excluding hydrogens is 434 g/mol. The van der Waals surface area contributed by atoms with E-state index in [4.69, 9.17) is 17.0 Å². The first-order chi connectivity index (χ1) is 15.9. The van der Waals surface area contributed by atoms with Gasteiger partial charge in [0.15, 0.2) is 11.7 Å². The molecule has 33 heavy (non-hydrogen) atoms. The van der Waals surface area contributed by atoms with Crippen molar-refractivity contribution in [1.29, 1.82) is 0 Å². The number of nitrogens with one attached hydrogen (secondary N) is 3. The van der Waals surface area contributed by atoms with E-state index < -0.39 is 11.8 Å². The molecule has 0 unspecified atom stereocenters. The largest absolute Gasteiger partial charge is 0.484 e. The second kappa shape index (κ2) is 11.8. The molecule has 3 rings (SSSR count). The Morgan fingerprint density at radius 1 is 0.788 bits per heavy atom. The fourth-order valence-corrected chi connectivity index (χ4v) is 3.41. The van der Waals surface area contributed by atoms with E-state index in [1.54, 1.807) is 0 Å². The Bertz CT molecular complexity index is 1030. The molecule has 0 saturated heterocycles.